The minimum absolute atomic E-state index is 0. The first-order chi connectivity index (χ1) is 9.61. The summed E-state index contributed by atoms with van der Waals surface area (Å²) >= 11 is 0. The van der Waals surface area contributed by atoms with E-state index in [1.807, 2.05) is 6.92 Å². The van der Waals surface area contributed by atoms with E-state index >= 15 is 0 Å². The summed E-state index contributed by atoms with van der Waals surface area (Å²) in [6.07, 6.45) is 0.819. The van der Waals surface area contributed by atoms with Crippen LogP contribution in [0.2, 0.25) is 0 Å². The molecule has 1 aliphatic heterocycles. The summed E-state index contributed by atoms with van der Waals surface area (Å²) in [5.74, 6) is 0.527. The molecule has 0 bridgehead atoms. The van der Waals surface area contributed by atoms with Crippen LogP contribution in [0.5, 0.6) is 5.75 Å². The van der Waals surface area contributed by atoms with E-state index in [4.69, 9.17) is 4.74 Å². The Kier molecular flexibility index (Phi) is 9.69. The number of nitrogens with zero attached hydrogens (tertiary/aromatic N) is 1. The first-order valence-electron chi connectivity index (χ1n) is 7.04. The topological polar surface area (TPSA) is 24.5 Å². The van der Waals surface area contributed by atoms with Gasteiger partial charge >= 0.3 is 0 Å². The van der Waals surface area contributed by atoms with Gasteiger partial charge in [-0.3, -0.25) is 4.90 Å². The van der Waals surface area contributed by atoms with Gasteiger partial charge in [-0.15, -0.1) is 31.4 Å². The number of ether oxygens (including phenoxy) is 1. The van der Waals surface area contributed by atoms with Crippen LogP contribution in [0.15, 0.2) is 30.4 Å². The molecule has 0 spiro atoms. The van der Waals surface area contributed by atoms with Crippen LogP contribution in [0.3, 0.4) is 0 Å². The van der Waals surface area contributed by atoms with Gasteiger partial charge in [0, 0.05) is 37.8 Å². The molecule has 0 aliphatic carbocycles. The lowest BCUT2D eigenvalue weighted by Gasteiger charge is -2.36. The zero-order valence-electron chi connectivity index (χ0n) is 13.1. The Bertz CT molecular complexity index is 479. The summed E-state index contributed by atoms with van der Waals surface area (Å²) in [7, 11) is 1.63. The molecule has 6 heteroatoms. The average molecular weight is 351 g/mol. The SMILES string of the molecule is C=C(C)C[C@@H](c1cc(F)ccc1OC)N1CCNCC1.Cl.Cl. The maximum Gasteiger partial charge on any atom is 0.123 e. The number of nitrogens with one attached hydrogen (secondary N) is 1. The van der Waals surface area contributed by atoms with Crippen LogP contribution in [0, 0.1) is 5.82 Å². The lowest BCUT2D eigenvalue weighted by atomic mass is 9.97. The summed E-state index contributed by atoms with van der Waals surface area (Å²) < 4.78 is 19.1. The number of halogens is 3. The highest BCUT2D eigenvalue weighted by Gasteiger charge is 2.25. The van der Waals surface area contributed by atoms with Crippen molar-refractivity contribution in [1.29, 1.82) is 0 Å². The van der Waals surface area contributed by atoms with Crippen LogP contribution in [0.25, 0.3) is 0 Å². The molecule has 3 nitrogen and oxygen atoms in total. The number of piperazine rings is 1. The largest absolute Gasteiger partial charge is 0.496 e. The minimum atomic E-state index is -0.220. The van der Waals surface area contributed by atoms with E-state index in [0.29, 0.717) is 0 Å². The molecule has 1 aromatic carbocycles. The molecule has 0 radical (unpaired) electrons. The molecule has 1 fully saturated rings. The Balaban J connectivity index is 0.00000220. The fourth-order valence-corrected chi connectivity index (χ4v) is 2.73. The van der Waals surface area contributed by atoms with Gasteiger partial charge in [0.1, 0.15) is 11.6 Å². The van der Waals surface area contributed by atoms with Crippen molar-refractivity contribution in [2.24, 2.45) is 0 Å². The Hall–Kier alpha value is -0.810. The normalized spacial score (nSPS) is 16.1. The maximum atomic E-state index is 13.6. The lowest BCUT2D eigenvalue weighted by molar-refractivity contribution is 0.169. The molecule has 1 atom stereocenters. The highest BCUT2D eigenvalue weighted by atomic mass is 35.5. The number of rotatable bonds is 5. The summed E-state index contributed by atoms with van der Waals surface area (Å²) in [5, 5.41) is 3.34. The third-order valence-electron chi connectivity index (χ3n) is 3.68. The van der Waals surface area contributed by atoms with Gasteiger partial charge in [0.25, 0.3) is 0 Å². The number of methoxy groups -OCH3 is 1. The summed E-state index contributed by atoms with van der Waals surface area (Å²) in [5.41, 5.74) is 2.01. The van der Waals surface area contributed by atoms with E-state index in [9.17, 15) is 4.39 Å². The fourth-order valence-electron chi connectivity index (χ4n) is 2.73. The fraction of sp³-hybridized carbons (Fsp3) is 0.500. The molecule has 1 heterocycles. The molecule has 1 N–H and O–H groups in total. The smallest absolute Gasteiger partial charge is 0.123 e. The van der Waals surface area contributed by atoms with Gasteiger partial charge in [0.2, 0.25) is 0 Å². The number of hydrogen-bond donors (Lipinski definition) is 1. The van der Waals surface area contributed by atoms with E-state index < -0.39 is 0 Å². The first-order valence-corrected chi connectivity index (χ1v) is 7.04. The molecule has 1 saturated heterocycles. The maximum absolute atomic E-state index is 13.6. The van der Waals surface area contributed by atoms with E-state index in [0.717, 1.165) is 49.5 Å². The van der Waals surface area contributed by atoms with Crippen LogP contribution in [-0.4, -0.2) is 38.2 Å². The number of hydrogen-bond acceptors (Lipinski definition) is 3. The van der Waals surface area contributed by atoms with Gasteiger partial charge in [-0.1, -0.05) is 5.57 Å². The molecule has 126 valence electrons. The standard InChI is InChI=1S/C16H23FN2O.2ClH/c1-12(2)10-15(19-8-6-18-7-9-19)14-11-13(17)4-5-16(14)20-3;;/h4-5,11,15,18H,1,6-10H2,2-3H3;2*1H/t15-;;/m0../s1. The van der Waals surface area contributed by atoms with Crippen molar-refractivity contribution in [3.8, 4) is 5.75 Å². The molecule has 0 aromatic heterocycles. The summed E-state index contributed by atoms with van der Waals surface area (Å²) in [6, 6.07) is 4.87. The van der Waals surface area contributed by atoms with Gasteiger partial charge in [0.05, 0.1) is 7.11 Å². The second-order valence-corrected chi connectivity index (χ2v) is 5.35. The van der Waals surface area contributed by atoms with Crippen LogP contribution in [-0.2, 0) is 0 Å². The van der Waals surface area contributed by atoms with Crippen molar-refractivity contribution in [3.63, 3.8) is 0 Å². The first kappa shape index (κ1) is 21.2. The van der Waals surface area contributed by atoms with Crippen molar-refractivity contribution in [2.45, 2.75) is 19.4 Å². The van der Waals surface area contributed by atoms with Gasteiger partial charge < -0.3 is 10.1 Å². The van der Waals surface area contributed by atoms with Gasteiger partial charge in [0.15, 0.2) is 0 Å². The Morgan fingerprint density at radius 2 is 2.00 bits per heavy atom. The van der Waals surface area contributed by atoms with Crippen molar-refractivity contribution < 1.29 is 9.13 Å². The lowest BCUT2D eigenvalue weighted by Crippen LogP contribution is -2.45. The molecule has 1 aromatic rings. The monoisotopic (exact) mass is 350 g/mol. The van der Waals surface area contributed by atoms with Crippen LogP contribution < -0.4 is 10.1 Å². The third-order valence-corrected chi connectivity index (χ3v) is 3.68. The van der Waals surface area contributed by atoms with Crippen molar-refractivity contribution in [2.75, 3.05) is 33.3 Å². The van der Waals surface area contributed by atoms with Crippen molar-refractivity contribution in [1.82, 2.24) is 10.2 Å². The van der Waals surface area contributed by atoms with Gasteiger partial charge in [-0.25, -0.2) is 4.39 Å². The summed E-state index contributed by atoms with van der Waals surface area (Å²) in [6.45, 7) is 9.87. The third kappa shape index (κ3) is 5.43. The quantitative estimate of drug-likeness (QED) is 0.821. The molecule has 0 saturated carbocycles. The van der Waals surface area contributed by atoms with Crippen LogP contribution in [0.4, 0.5) is 4.39 Å². The van der Waals surface area contributed by atoms with E-state index in [-0.39, 0.29) is 36.7 Å². The van der Waals surface area contributed by atoms with Crippen LogP contribution >= 0.6 is 24.8 Å². The zero-order chi connectivity index (χ0) is 14.5. The second kappa shape index (κ2) is 10.1. The second-order valence-electron chi connectivity index (χ2n) is 5.35. The van der Waals surface area contributed by atoms with E-state index in [1.54, 1.807) is 19.2 Å². The Labute approximate surface area is 144 Å². The Morgan fingerprint density at radius 3 is 2.55 bits per heavy atom. The number of benzene rings is 1. The van der Waals surface area contributed by atoms with Gasteiger partial charge in [-0.05, 0) is 31.5 Å². The van der Waals surface area contributed by atoms with Crippen molar-refractivity contribution in [3.05, 3.63) is 41.7 Å². The molecule has 22 heavy (non-hydrogen) atoms. The van der Waals surface area contributed by atoms with Gasteiger partial charge in [-0.2, -0.15) is 0 Å². The van der Waals surface area contributed by atoms with Crippen molar-refractivity contribution >= 4 is 24.8 Å². The molecular formula is C16H25Cl2FN2O. The highest BCUT2D eigenvalue weighted by molar-refractivity contribution is 5.85. The molecule has 2 rings (SSSR count). The Morgan fingerprint density at radius 1 is 1.36 bits per heavy atom. The molecule has 1 aliphatic rings. The highest BCUT2D eigenvalue weighted by Crippen LogP contribution is 2.34. The average Bonchev–Trinajstić information content (AvgIpc) is 2.45. The van der Waals surface area contributed by atoms with E-state index in [1.165, 1.54) is 6.07 Å². The zero-order valence-corrected chi connectivity index (χ0v) is 14.7. The van der Waals surface area contributed by atoms with Crippen LogP contribution in [0.1, 0.15) is 24.9 Å². The summed E-state index contributed by atoms with van der Waals surface area (Å²) in [4.78, 5) is 2.38. The predicted octanol–water partition coefficient (Wildman–Crippen LogP) is 3.59. The molecule has 0 unspecified atom stereocenters. The predicted molar refractivity (Wildman–Crippen MR) is 94.1 cm³/mol. The van der Waals surface area contributed by atoms with E-state index in [2.05, 4.69) is 16.8 Å². The molecule has 0 amide bonds. The molecular weight excluding hydrogens is 326 g/mol. The minimum Gasteiger partial charge on any atom is -0.496 e.